The lowest BCUT2D eigenvalue weighted by molar-refractivity contribution is -0.144. The number of halogens is 1. The van der Waals surface area contributed by atoms with Crippen LogP contribution >= 0.6 is 15.9 Å². The van der Waals surface area contributed by atoms with Crippen LogP contribution in [0.2, 0.25) is 0 Å². The number of esters is 1. The lowest BCUT2D eigenvalue weighted by atomic mass is 10.1. The van der Waals surface area contributed by atoms with Gasteiger partial charge in [-0.05, 0) is 43.0 Å². The predicted octanol–water partition coefficient (Wildman–Crippen LogP) is 3.12. The van der Waals surface area contributed by atoms with Gasteiger partial charge >= 0.3 is 5.97 Å². The minimum atomic E-state index is -0.0905. The van der Waals surface area contributed by atoms with Gasteiger partial charge in [0.1, 0.15) is 5.75 Å². The number of hydrogen-bond donors (Lipinski definition) is 0. The molecule has 1 aromatic rings. The van der Waals surface area contributed by atoms with Gasteiger partial charge in [0.15, 0.2) is 0 Å². The zero-order valence-electron chi connectivity index (χ0n) is 9.90. The second kappa shape index (κ2) is 5.08. The van der Waals surface area contributed by atoms with Crippen LogP contribution in [0, 0.1) is 5.92 Å². The molecule has 4 heteroatoms. The van der Waals surface area contributed by atoms with Gasteiger partial charge in [-0.3, -0.25) is 4.79 Å². The Morgan fingerprint density at radius 1 is 1.53 bits per heavy atom. The van der Waals surface area contributed by atoms with Crippen molar-refractivity contribution in [2.75, 3.05) is 13.7 Å². The summed E-state index contributed by atoms with van der Waals surface area (Å²) in [6.45, 7) is 2.28. The lowest BCUT2D eigenvalue weighted by Crippen LogP contribution is -2.07. The van der Waals surface area contributed by atoms with E-state index in [2.05, 4.69) is 15.9 Å². The van der Waals surface area contributed by atoms with E-state index < -0.39 is 0 Å². The van der Waals surface area contributed by atoms with Crippen LogP contribution in [-0.2, 0) is 9.53 Å². The Hall–Kier alpha value is -1.03. The Balaban J connectivity index is 2.12. The van der Waals surface area contributed by atoms with Crippen LogP contribution in [0.3, 0.4) is 0 Å². The maximum atomic E-state index is 11.6. The van der Waals surface area contributed by atoms with Crippen molar-refractivity contribution < 1.29 is 14.3 Å². The molecule has 0 heterocycles. The van der Waals surface area contributed by atoms with Gasteiger partial charge in [-0.1, -0.05) is 15.9 Å². The van der Waals surface area contributed by atoms with Crippen molar-refractivity contribution in [2.45, 2.75) is 19.3 Å². The molecule has 92 valence electrons. The summed E-state index contributed by atoms with van der Waals surface area (Å²) in [6, 6.07) is 5.83. The van der Waals surface area contributed by atoms with Gasteiger partial charge in [0.05, 0.1) is 19.6 Å². The number of hydrogen-bond acceptors (Lipinski definition) is 3. The highest BCUT2D eigenvalue weighted by Crippen LogP contribution is 2.50. The minimum absolute atomic E-state index is 0.0124. The van der Waals surface area contributed by atoms with Crippen molar-refractivity contribution in [3.8, 4) is 5.75 Å². The maximum Gasteiger partial charge on any atom is 0.309 e. The topological polar surface area (TPSA) is 35.5 Å². The molecule has 17 heavy (non-hydrogen) atoms. The van der Waals surface area contributed by atoms with Gasteiger partial charge in [0.2, 0.25) is 0 Å². The third kappa shape index (κ3) is 2.63. The molecular weight excluding hydrogens is 284 g/mol. The van der Waals surface area contributed by atoms with Gasteiger partial charge in [-0.15, -0.1) is 0 Å². The highest BCUT2D eigenvalue weighted by Gasteiger charge is 2.46. The van der Waals surface area contributed by atoms with Crippen LogP contribution in [0.15, 0.2) is 22.7 Å². The van der Waals surface area contributed by atoms with E-state index in [1.54, 1.807) is 7.11 Å². The van der Waals surface area contributed by atoms with Crippen LogP contribution in [0.4, 0.5) is 0 Å². The molecule has 0 radical (unpaired) electrons. The van der Waals surface area contributed by atoms with Crippen molar-refractivity contribution in [2.24, 2.45) is 5.92 Å². The van der Waals surface area contributed by atoms with Crippen LogP contribution in [-0.4, -0.2) is 19.7 Å². The van der Waals surface area contributed by atoms with Crippen molar-refractivity contribution in [3.63, 3.8) is 0 Å². The van der Waals surface area contributed by atoms with Gasteiger partial charge in [-0.2, -0.15) is 0 Å². The van der Waals surface area contributed by atoms with E-state index in [9.17, 15) is 4.79 Å². The van der Waals surface area contributed by atoms with Crippen molar-refractivity contribution in [3.05, 3.63) is 28.2 Å². The fraction of sp³-hybridized carbons (Fsp3) is 0.462. The van der Waals surface area contributed by atoms with E-state index >= 15 is 0 Å². The van der Waals surface area contributed by atoms with Crippen molar-refractivity contribution >= 4 is 21.9 Å². The normalized spacial score (nSPS) is 22.1. The fourth-order valence-corrected chi connectivity index (χ4v) is 2.52. The Morgan fingerprint density at radius 3 is 2.94 bits per heavy atom. The SMILES string of the molecule is CCOC(=O)C1CC1c1cc(OC)ccc1Br. The van der Waals surface area contributed by atoms with E-state index in [1.807, 2.05) is 25.1 Å². The molecule has 0 amide bonds. The Morgan fingerprint density at radius 2 is 2.29 bits per heavy atom. The number of benzene rings is 1. The minimum Gasteiger partial charge on any atom is -0.497 e. The molecule has 2 unspecified atom stereocenters. The molecule has 0 saturated heterocycles. The van der Waals surface area contributed by atoms with Gasteiger partial charge in [0.25, 0.3) is 0 Å². The van der Waals surface area contributed by atoms with E-state index in [0.29, 0.717) is 6.61 Å². The second-order valence-electron chi connectivity index (χ2n) is 4.09. The zero-order chi connectivity index (χ0) is 12.4. The average molecular weight is 299 g/mol. The molecule has 0 bridgehead atoms. The smallest absolute Gasteiger partial charge is 0.309 e. The molecule has 0 aliphatic heterocycles. The van der Waals surface area contributed by atoms with Crippen molar-refractivity contribution in [1.29, 1.82) is 0 Å². The van der Waals surface area contributed by atoms with Crippen LogP contribution in [0.1, 0.15) is 24.8 Å². The molecule has 1 aliphatic rings. The molecule has 2 rings (SSSR count). The van der Waals surface area contributed by atoms with E-state index in [0.717, 1.165) is 22.2 Å². The van der Waals surface area contributed by atoms with Gasteiger partial charge in [0, 0.05) is 4.47 Å². The second-order valence-corrected chi connectivity index (χ2v) is 4.94. The fourth-order valence-electron chi connectivity index (χ4n) is 1.98. The third-order valence-corrected chi connectivity index (χ3v) is 3.70. The summed E-state index contributed by atoms with van der Waals surface area (Å²) in [5.74, 6) is 1.00. The van der Waals surface area contributed by atoms with Crippen LogP contribution in [0.5, 0.6) is 5.75 Å². The molecule has 0 aromatic heterocycles. The van der Waals surface area contributed by atoms with Crippen LogP contribution < -0.4 is 4.74 Å². The Bertz CT molecular complexity index is 431. The lowest BCUT2D eigenvalue weighted by Gasteiger charge is -2.07. The highest BCUT2D eigenvalue weighted by molar-refractivity contribution is 9.10. The Kier molecular flexibility index (Phi) is 3.72. The summed E-state index contributed by atoms with van der Waals surface area (Å²) in [5.41, 5.74) is 1.13. The summed E-state index contributed by atoms with van der Waals surface area (Å²) in [5, 5.41) is 0. The van der Waals surface area contributed by atoms with E-state index in [1.165, 1.54) is 0 Å². The first-order valence-electron chi connectivity index (χ1n) is 5.67. The average Bonchev–Trinajstić information content (AvgIpc) is 3.10. The summed E-state index contributed by atoms with van der Waals surface area (Å²) in [6.07, 6.45) is 0.866. The maximum absolute atomic E-state index is 11.6. The quantitative estimate of drug-likeness (QED) is 0.801. The van der Waals surface area contributed by atoms with Crippen molar-refractivity contribution in [1.82, 2.24) is 0 Å². The molecule has 3 nitrogen and oxygen atoms in total. The molecular formula is C13H15BrO3. The first-order valence-corrected chi connectivity index (χ1v) is 6.46. The molecule has 1 saturated carbocycles. The summed E-state index contributed by atoms with van der Waals surface area (Å²) >= 11 is 3.51. The van der Waals surface area contributed by atoms with Crippen LogP contribution in [0.25, 0.3) is 0 Å². The molecule has 2 atom stereocenters. The summed E-state index contributed by atoms with van der Waals surface area (Å²) < 4.78 is 11.2. The predicted molar refractivity (Wildman–Crippen MR) is 68.2 cm³/mol. The zero-order valence-corrected chi connectivity index (χ0v) is 11.5. The molecule has 1 fully saturated rings. The Labute approximate surface area is 109 Å². The molecule has 1 aromatic carbocycles. The van der Waals surface area contributed by atoms with E-state index in [-0.39, 0.29) is 17.8 Å². The molecule has 1 aliphatic carbocycles. The standard InChI is InChI=1S/C13H15BrO3/c1-3-17-13(15)11-7-9(11)10-6-8(16-2)4-5-12(10)14/h4-6,9,11H,3,7H2,1-2H3. The van der Waals surface area contributed by atoms with Gasteiger partial charge in [-0.25, -0.2) is 0 Å². The number of rotatable bonds is 4. The summed E-state index contributed by atoms with van der Waals surface area (Å²) in [7, 11) is 1.64. The van der Waals surface area contributed by atoms with Gasteiger partial charge < -0.3 is 9.47 Å². The molecule has 0 spiro atoms. The summed E-state index contributed by atoms with van der Waals surface area (Å²) in [4.78, 5) is 11.6. The number of carbonyl (C=O) groups is 1. The number of carbonyl (C=O) groups excluding carboxylic acids is 1. The van der Waals surface area contributed by atoms with E-state index in [4.69, 9.17) is 9.47 Å². The molecule has 0 N–H and O–H groups in total. The number of methoxy groups -OCH3 is 1. The first-order chi connectivity index (χ1) is 8.17. The third-order valence-electron chi connectivity index (χ3n) is 2.98. The largest absolute Gasteiger partial charge is 0.497 e. The number of ether oxygens (including phenoxy) is 2. The monoisotopic (exact) mass is 298 g/mol. The highest BCUT2D eigenvalue weighted by atomic mass is 79.9. The first kappa shape index (κ1) is 12.4.